The Hall–Kier alpha value is -0.923. The quantitative estimate of drug-likeness (QED) is 0.259. The lowest BCUT2D eigenvalue weighted by Crippen LogP contribution is -2.42. The lowest BCUT2D eigenvalue weighted by molar-refractivity contribution is -0.141. The van der Waals surface area contributed by atoms with Crippen molar-refractivity contribution in [3.05, 3.63) is 41.3 Å². The van der Waals surface area contributed by atoms with E-state index in [0.29, 0.717) is 6.61 Å². The van der Waals surface area contributed by atoms with Crippen molar-refractivity contribution in [1.82, 2.24) is 0 Å². The second-order valence-corrected chi connectivity index (χ2v) is 16.1. The smallest absolute Gasteiger partial charge is 0.192 e. The number of allylic oxidation sites excluding steroid dienone is 1. The van der Waals surface area contributed by atoms with Gasteiger partial charge in [0.2, 0.25) is 0 Å². The number of hydrogen-bond acceptors (Lipinski definition) is 5. The Morgan fingerprint density at radius 3 is 2.33 bits per heavy atom. The largest absolute Gasteiger partial charge is 0.416 e. The molecule has 6 heteroatoms. The molecule has 0 aromatic heterocycles. The van der Waals surface area contributed by atoms with E-state index in [1.165, 1.54) is 0 Å². The molecule has 30 heavy (non-hydrogen) atoms. The fraction of sp³-hybridized carbons (Fsp3) is 0.625. The van der Waals surface area contributed by atoms with E-state index in [9.17, 15) is 4.79 Å². The molecular formula is C24H38O4SSi. The van der Waals surface area contributed by atoms with E-state index in [1.807, 2.05) is 58.0 Å². The maximum atomic E-state index is 13.1. The van der Waals surface area contributed by atoms with Crippen LogP contribution in [0.15, 0.2) is 46.2 Å². The van der Waals surface area contributed by atoms with Crippen LogP contribution in [0.25, 0.3) is 0 Å². The van der Waals surface area contributed by atoms with Gasteiger partial charge in [0, 0.05) is 22.3 Å². The monoisotopic (exact) mass is 450 g/mol. The van der Waals surface area contributed by atoms with Crippen LogP contribution < -0.4 is 0 Å². The van der Waals surface area contributed by atoms with Crippen LogP contribution in [0.2, 0.25) is 18.1 Å². The van der Waals surface area contributed by atoms with E-state index in [2.05, 4.69) is 33.9 Å². The average Bonchev–Trinajstić information content (AvgIpc) is 2.91. The first-order valence-electron chi connectivity index (χ1n) is 10.7. The lowest BCUT2D eigenvalue weighted by atomic mass is 10.1. The standard InChI is InChI=1S/C24H38O4SSi/c1-17(16-26-30(8,9)23(3,4)5)20(25)15-21(29-19-13-11-10-12-14-19)22-18(2)27-24(6,7)28-22/h10-15,17-18,22H,16H2,1-9H3/b21-15-/t17-,18-,22-/m0/s1. The summed E-state index contributed by atoms with van der Waals surface area (Å²) >= 11 is 1.57. The summed E-state index contributed by atoms with van der Waals surface area (Å²) in [6, 6.07) is 10.1. The van der Waals surface area contributed by atoms with E-state index in [0.717, 1.165) is 9.80 Å². The molecule has 1 saturated heterocycles. The van der Waals surface area contributed by atoms with Crippen molar-refractivity contribution >= 4 is 25.9 Å². The Balaban J connectivity index is 2.19. The molecule has 0 aliphatic carbocycles. The summed E-state index contributed by atoms with van der Waals surface area (Å²) in [7, 11) is -1.89. The van der Waals surface area contributed by atoms with Crippen molar-refractivity contribution in [3.8, 4) is 0 Å². The Morgan fingerprint density at radius 2 is 1.83 bits per heavy atom. The van der Waals surface area contributed by atoms with Gasteiger partial charge in [-0.15, -0.1) is 0 Å². The second-order valence-electron chi connectivity index (χ2n) is 10.1. The number of carbonyl (C=O) groups excluding carboxylic acids is 1. The third kappa shape index (κ3) is 6.79. The van der Waals surface area contributed by atoms with Crippen LogP contribution in [0, 0.1) is 5.92 Å². The molecule has 0 radical (unpaired) electrons. The summed E-state index contributed by atoms with van der Waals surface area (Å²) in [5, 5.41) is 0.121. The molecule has 0 amide bonds. The fourth-order valence-electron chi connectivity index (χ4n) is 2.94. The number of thioether (sulfide) groups is 1. The number of rotatable bonds is 8. The first kappa shape index (κ1) is 25.3. The van der Waals surface area contributed by atoms with Crippen molar-refractivity contribution in [3.63, 3.8) is 0 Å². The van der Waals surface area contributed by atoms with Crippen LogP contribution in [0.1, 0.15) is 48.5 Å². The van der Waals surface area contributed by atoms with Crippen LogP contribution in [-0.4, -0.2) is 38.7 Å². The van der Waals surface area contributed by atoms with Gasteiger partial charge in [-0.3, -0.25) is 4.79 Å². The van der Waals surface area contributed by atoms with Crippen molar-refractivity contribution in [2.75, 3.05) is 6.61 Å². The maximum Gasteiger partial charge on any atom is 0.192 e. The van der Waals surface area contributed by atoms with Gasteiger partial charge in [0.15, 0.2) is 19.9 Å². The van der Waals surface area contributed by atoms with Crippen molar-refractivity contribution in [2.45, 2.75) is 89.5 Å². The highest BCUT2D eigenvalue weighted by Crippen LogP contribution is 2.40. The van der Waals surface area contributed by atoms with Crippen LogP contribution in [-0.2, 0) is 18.7 Å². The number of ketones is 1. The van der Waals surface area contributed by atoms with Crippen LogP contribution in [0.3, 0.4) is 0 Å². The summed E-state index contributed by atoms with van der Waals surface area (Å²) in [5.74, 6) is -0.815. The van der Waals surface area contributed by atoms with E-state index in [4.69, 9.17) is 13.9 Å². The van der Waals surface area contributed by atoms with E-state index in [-0.39, 0.29) is 28.9 Å². The molecule has 0 saturated carbocycles. The van der Waals surface area contributed by atoms with Gasteiger partial charge in [-0.25, -0.2) is 0 Å². The second kappa shape index (κ2) is 9.70. The molecule has 0 N–H and O–H groups in total. The van der Waals surface area contributed by atoms with E-state index < -0.39 is 14.1 Å². The Bertz CT molecular complexity index is 752. The van der Waals surface area contributed by atoms with Crippen LogP contribution in [0.4, 0.5) is 0 Å². The number of hydrogen-bond donors (Lipinski definition) is 0. The topological polar surface area (TPSA) is 44.8 Å². The maximum absolute atomic E-state index is 13.1. The van der Waals surface area contributed by atoms with Gasteiger partial charge in [0.05, 0.1) is 6.10 Å². The highest BCUT2D eigenvalue weighted by atomic mass is 32.2. The zero-order valence-electron chi connectivity index (χ0n) is 19.9. The van der Waals surface area contributed by atoms with Crippen molar-refractivity contribution in [1.29, 1.82) is 0 Å². The highest BCUT2D eigenvalue weighted by molar-refractivity contribution is 8.03. The number of benzene rings is 1. The van der Waals surface area contributed by atoms with Gasteiger partial charge >= 0.3 is 0 Å². The summed E-state index contributed by atoms with van der Waals surface area (Å²) in [6.45, 7) is 19.2. The predicted octanol–water partition coefficient (Wildman–Crippen LogP) is 6.43. The predicted molar refractivity (Wildman–Crippen MR) is 127 cm³/mol. The number of ether oxygens (including phenoxy) is 2. The minimum atomic E-state index is -1.89. The molecule has 0 spiro atoms. The van der Waals surface area contributed by atoms with Gasteiger partial charge in [-0.1, -0.05) is 57.7 Å². The Labute approximate surface area is 187 Å². The summed E-state index contributed by atoms with van der Waals surface area (Å²) in [6.07, 6.45) is 1.33. The number of carbonyl (C=O) groups is 1. The van der Waals surface area contributed by atoms with Crippen LogP contribution in [0.5, 0.6) is 0 Å². The van der Waals surface area contributed by atoms with Gasteiger partial charge in [-0.05, 0) is 57.1 Å². The minimum absolute atomic E-state index is 0.0626. The fourth-order valence-corrected chi connectivity index (χ4v) is 5.13. The van der Waals surface area contributed by atoms with E-state index in [1.54, 1.807) is 17.8 Å². The summed E-state index contributed by atoms with van der Waals surface area (Å²) in [5.41, 5.74) is 0. The molecule has 1 aromatic carbocycles. The molecule has 4 nitrogen and oxygen atoms in total. The SMILES string of the molecule is C[C@@H]1OC(C)(C)O[C@@H]1/C(=C/C(=O)[C@@H](C)CO[Si](C)(C)C(C)(C)C)Sc1ccccc1. The zero-order valence-corrected chi connectivity index (χ0v) is 21.8. The van der Waals surface area contributed by atoms with E-state index >= 15 is 0 Å². The third-order valence-electron chi connectivity index (χ3n) is 5.84. The van der Waals surface area contributed by atoms with Gasteiger partial charge < -0.3 is 13.9 Å². The third-order valence-corrected chi connectivity index (χ3v) is 11.4. The molecule has 0 unspecified atom stereocenters. The summed E-state index contributed by atoms with van der Waals surface area (Å²) in [4.78, 5) is 15.0. The van der Waals surface area contributed by atoms with Crippen molar-refractivity contribution < 1.29 is 18.7 Å². The summed E-state index contributed by atoms with van der Waals surface area (Å²) < 4.78 is 18.4. The molecule has 3 atom stereocenters. The first-order valence-corrected chi connectivity index (χ1v) is 14.4. The normalized spacial score (nSPS) is 23.4. The van der Waals surface area contributed by atoms with Gasteiger partial charge in [0.25, 0.3) is 0 Å². The Morgan fingerprint density at radius 1 is 1.23 bits per heavy atom. The molecule has 168 valence electrons. The molecule has 2 rings (SSSR count). The molecule has 1 fully saturated rings. The molecular weight excluding hydrogens is 412 g/mol. The molecule has 0 bridgehead atoms. The molecule has 1 aliphatic heterocycles. The molecule has 1 heterocycles. The zero-order chi connectivity index (χ0) is 22.7. The highest BCUT2D eigenvalue weighted by Gasteiger charge is 2.41. The molecule has 1 aliphatic rings. The van der Waals surface area contributed by atoms with Crippen LogP contribution >= 0.6 is 11.8 Å². The minimum Gasteiger partial charge on any atom is -0.416 e. The molecule has 1 aromatic rings. The van der Waals surface area contributed by atoms with Crippen molar-refractivity contribution in [2.24, 2.45) is 5.92 Å². The average molecular weight is 451 g/mol. The lowest BCUT2D eigenvalue weighted by Gasteiger charge is -2.36. The Kier molecular flexibility index (Phi) is 8.19. The first-order chi connectivity index (χ1) is 13.7. The van der Waals surface area contributed by atoms with Gasteiger partial charge in [0.1, 0.15) is 6.10 Å². The van der Waals surface area contributed by atoms with Gasteiger partial charge in [-0.2, -0.15) is 0 Å².